The molecule has 2 aliphatic rings. The first-order valence-corrected chi connectivity index (χ1v) is 7.40. The Hall–Kier alpha value is 0.270. The summed E-state index contributed by atoms with van der Waals surface area (Å²) in [4.78, 5) is 0. The molecule has 0 aromatic heterocycles. The smallest absolute Gasteiger partial charge is 0.0587 e. The Bertz CT molecular complexity index is 206. The fourth-order valence-electron chi connectivity index (χ4n) is 2.27. The van der Waals surface area contributed by atoms with Gasteiger partial charge in [0.1, 0.15) is 0 Å². The molecule has 1 saturated heterocycles. The van der Waals surface area contributed by atoms with Crippen LogP contribution in [0, 0.1) is 0 Å². The van der Waals surface area contributed by atoms with Crippen molar-refractivity contribution in [1.29, 1.82) is 0 Å². The molecular weight excluding hydrogens is 206 g/mol. The van der Waals surface area contributed by atoms with Crippen LogP contribution in [0.3, 0.4) is 0 Å². The van der Waals surface area contributed by atoms with E-state index in [0.29, 0.717) is 16.9 Å². The lowest BCUT2D eigenvalue weighted by atomic mass is 10.0. The van der Waals surface area contributed by atoms with Crippen molar-refractivity contribution in [2.45, 2.75) is 55.9 Å². The molecule has 15 heavy (non-hydrogen) atoms. The molecule has 1 saturated carbocycles. The molecule has 0 bridgehead atoms. The Labute approximate surface area is 97.5 Å². The van der Waals surface area contributed by atoms with Gasteiger partial charge >= 0.3 is 0 Å². The molecule has 0 aromatic carbocycles. The molecule has 0 spiro atoms. The van der Waals surface area contributed by atoms with Gasteiger partial charge in [0.15, 0.2) is 0 Å². The molecule has 0 amide bonds. The van der Waals surface area contributed by atoms with E-state index in [2.05, 4.69) is 18.5 Å². The minimum absolute atomic E-state index is 0.501. The summed E-state index contributed by atoms with van der Waals surface area (Å²) in [5.41, 5.74) is 0. The van der Waals surface area contributed by atoms with Crippen molar-refractivity contribution in [3.05, 3.63) is 0 Å². The molecule has 2 nitrogen and oxygen atoms in total. The van der Waals surface area contributed by atoms with Crippen molar-refractivity contribution in [3.8, 4) is 0 Å². The lowest BCUT2D eigenvalue weighted by molar-refractivity contribution is 0.00000539. The van der Waals surface area contributed by atoms with Crippen molar-refractivity contribution < 1.29 is 4.74 Å². The highest BCUT2D eigenvalue weighted by Gasteiger charge is 2.41. The van der Waals surface area contributed by atoms with Crippen LogP contribution in [0.1, 0.15) is 39.0 Å². The van der Waals surface area contributed by atoms with Gasteiger partial charge in [0, 0.05) is 23.9 Å². The summed E-state index contributed by atoms with van der Waals surface area (Å²) in [6.07, 6.45) is 9.12. The Morgan fingerprint density at radius 1 is 1.47 bits per heavy atom. The second-order valence-corrected chi connectivity index (χ2v) is 6.16. The van der Waals surface area contributed by atoms with Crippen LogP contribution in [0.2, 0.25) is 0 Å². The van der Waals surface area contributed by atoms with Gasteiger partial charge in [-0.3, -0.25) is 0 Å². The standard InChI is InChI=1S/C12H23NOS/c1-3-11-8-10(4-7-14-11)13-9-12(15-2)5-6-12/h10-11,13H,3-9H2,1-2H3. The normalized spacial score (nSPS) is 34.0. The summed E-state index contributed by atoms with van der Waals surface area (Å²) in [6.45, 7) is 4.37. The molecule has 1 heterocycles. The quantitative estimate of drug-likeness (QED) is 0.782. The number of thioether (sulfide) groups is 1. The van der Waals surface area contributed by atoms with E-state index >= 15 is 0 Å². The van der Waals surface area contributed by atoms with Crippen molar-refractivity contribution in [2.24, 2.45) is 0 Å². The topological polar surface area (TPSA) is 21.3 Å². The van der Waals surface area contributed by atoms with E-state index < -0.39 is 0 Å². The van der Waals surface area contributed by atoms with Gasteiger partial charge in [-0.25, -0.2) is 0 Å². The monoisotopic (exact) mass is 229 g/mol. The average Bonchev–Trinajstić information content (AvgIpc) is 3.07. The van der Waals surface area contributed by atoms with E-state index in [1.54, 1.807) is 0 Å². The lowest BCUT2D eigenvalue weighted by Crippen LogP contribution is -2.41. The number of ether oxygens (including phenoxy) is 1. The Morgan fingerprint density at radius 2 is 2.27 bits per heavy atom. The van der Waals surface area contributed by atoms with Gasteiger partial charge in [-0.05, 0) is 38.4 Å². The second-order valence-electron chi connectivity index (χ2n) is 4.89. The van der Waals surface area contributed by atoms with E-state index in [9.17, 15) is 0 Å². The summed E-state index contributed by atoms with van der Waals surface area (Å²) < 4.78 is 6.28. The van der Waals surface area contributed by atoms with Crippen LogP contribution in [-0.2, 0) is 4.74 Å². The molecule has 0 radical (unpaired) electrons. The number of hydrogen-bond acceptors (Lipinski definition) is 3. The van der Waals surface area contributed by atoms with Gasteiger partial charge in [0.05, 0.1) is 6.10 Å². The second kappa shape index (κ2) is 5.07. The van der Waals surface area contributed by atoms with Gasteiger partial charge in [0.25, 0.3) is 0 Å². The number of rotatable bonds is 5. The summed E-state index contributed by atoms with van der Waals surface area (Å²) in [7, 11) is 0. The fraction of sp³-hybridized carbons (Fsp3) is 1.00. The molecule has 2 rings (SSSR count). The molecule has 1 N–H and O–H groups in total. The summed E-state index contributed by atoms with van der Waals surface area (Å²) in [5, 5.41) is 3.74. The molecule has 3 heteroatoms. The zero-order valence-corrected chi connectivity index (χ0v) is 10.7. The van der Waals surface area contributed by atoms with Crippen molar-refractivity contribution >= 4 is 11.8 Å². The van der Waals surface area contributed by atoms with Crippen molar-refractivity contribution in [3.63, 3.8) is 0 Å². The van der Waals surface area contributed by atoms with Crippen LogP contribution >= 0.6 is 11.8 Å². The molecule has 1 aliphatic carbocycles. The Balaban J connectivity index is 1.70. The van der Waals surface area contributed by atoms with Gasteiger partial charge in [0.2, 0.25) is 0 Å². The summed E-state index contributed by atoms with van der Waals surface area (Å²) >= 11 is 2.04. The van der Waals surface area contributed by atoms with E-state index in [1.165, 1.54) is 32.2 Å². The first kappa shape index (κ1) is 11.7. The number of nitrogens with one attached hydrogen (secondary N) is 1. The average molecular weight is 229 g/mol. The zero-order chi connectivity index (χ0) is 10.7. The summed E-state index contributed by atoms with van der Waals surface area (Å²) in [5.74, 6) is 0. The van der Waals surface area contributed by atoms with Crippen LogP contribution in [0.15, 0.2) is 0 Å². The highest BCUT2D eigenvalue weighted by molar-refractivity contribution is 8.00. The Morgan fingerprint density at radius 3 is 2.87 bits per heavy atom. The highest BCUT2D eigenvalue weighted by atomic mass is 32.2. The molecule has 88 valence electrons. The third-order valence-corrected chi connectivity index (χ3v) is 5.19. The van der Waals surface area contributed by atoms with Gasteiger partial charge in [-0.15, -0.1) is 0 Å². The third kappa shape index (κ3) is 3.11. The predicted octanol–water partition coefficient (Wildman–Crippen LogP) is 2.43. The van der Waals surface area contributed by atoms with E-state index in [1.807, 2.05) is 11.8 Å². The minimum atomic E-state index is 0.501. The summed E-state index contributed by atoms with van der Waals surface area (Å²) in [6, 6.07) is 0.702. The van der Waals surface area contributed by atoms with Crippen LogP contribution in [0.4, 0.5) is 0 Å². The van der Waals surface area contributed by atoms with E-state index in [4.69, 9.17) is 4.74 Å². The third-order valence-electron chi connectivity index (χ3n) is 3.78. The Kier molecular flexibility index (Phi) is 3.97. The largest absolute Gasteiger partial charge is 0.378 e. The van der Waals surface area contributed by atoms with Gasteiger partial charge in [-0.2, -0.15) is 11.8 Å². The van der Waals surface area contributed by atoms with E-state index in [-0.39, 0.29) is 0 Å². The molecule has 2 unspecified atom stereocenters. The van der Waals surface area contributed by atoms with Crippen molar-refractivity contribution in [2.75, 3.05) is 19.4 Å². The van der Waals surface area contributed by atoms with E-state index in [0.717, 1.165) is 13.0 Å². The molecular formula is C12H23NOS. The van der Waals surface area contributed by atoms with Crippen LogP contribution in [0.5, 0.6) is 0 Å². The first-order valence-electron chi connectivity index (χ1n) is 6.18. The van der Waals surface area contributed by atoms with Crippen LogP contribution in [0.25, 0.3) is 0 Å². The molecule has 2 fully saturated rings. The predicted molar refractivity (Wildman–Crippen MR) is 66.5 cm³/mol. The minimum Gasteiger partial charge on any atom is -0.378 e. The first-order chi connectivity index (χ1) is 7.28. The van der Waals surface area contributed by atoms with Gasteiger partial charge < -0.3 is 10.1 Å². The molecule has 2 atom stereocenters. The highest BCUT2D eigenvalue weighted by Crippen LogP contribution is 2.46. The maximum atomic E-state index is 5.69. The molecule has 0 aromatic rings. The maximum Gasteiger partial charge on any atom is 0.0587 e. The van der Waals surface area contributed by atoms with Crippen molar-refractivity contribution in [1.82, 2.24) is 5.32 Å². The SMILES string of the molecule is CCC1CC(NCC2(SC)CC2)CCO1. The maximum absolute atomic E-state index is 5.69. The zero-order valence-electron chi connectivity index (χ0n) is 9.92. The van der Waals surface area contributed by atoms with Gasteiger partial charge in [-0.1, -0.05) is 6.92 Å². The number of hydrogen-bond donors (Lipinski definition) is 1. The fourth-order valence-corrected chi connectivity index (χ4v) is 3.01. The lowest BCUT2D eigenvalue weighted by Gasteiger charge is -2.30. The van der Waals surface area contributed by atoms with Crippen LogP contribution in [-0.4, -0.2) is 36.3 Å². The molecule has 1 aliphatic heterocycles. The van der Waals surface area contributed by atoms with Crippen LogP contribution < -0.4 is 5.32 Å².